The average Bonchev–Trinajstić information content (AvgIpc) is 2.42. The molecule has 0 unspecified atom stereocenters. The summed E-state index contributed by atoms with van der Waals surface area (Å²) in [7, 11) is -3.20. The van der Waals surface area contributed by atoms with Crippen LogP contribution >= 0.6 is 11.6 Å². The minimum Gasteiger partial charge on any atom is -0.492 e. The molecule has 1 aromatic carbocycles. The second kappa shape index (κ2) is 6.80. The van der Waals surface area contributed by atoms with Crippen molar-refractivity contribution < 1.29 is 13.2 Å². The smallest absolute Gasteiger partial charge is 0.223 e. The first kappa shape index (κ1) is 16.3. The third kappa shape index (κ3) is 4.74. The van der Waals surface area contributed by atoms with Crippen molar-refractivity contribution in [1.29, 1.82) is 0 Å². The Morgan fingerprint density at radius 1 is 1.27 bits per heavy atom. The van der Waals surface area contributed by atoms with E-state index in [0.717, 1.165) is 6.26 Å². The van der Waals surface area contributed by atoms with Crippen LogP contribution in [0, 0.1) is 0 Å². The Morgan fingerprint density at radius 2 is 1.95 bits per heavy atom. The van der Waals surface area contributed by atoms with E-state index in [1.807, 2.05) is 0 Å². The molecule has 118 valence electrons. The first-order valence-corrected chi connectivity index (χ1v) is 8.58. The van der Waals surface area contributed by atoms with Gasteiger partial charge in [0.1, 0.15) is 23.3 Å². The van der Waals surface area contributed by atoms with Gasteiger partial charge in [0.15, 0.2) is 9.84 Å². The summed E-state index contributed by atoms with van der Waals surface area (Å²) in [5, 5.41) is 3.25. The van der Waals surface area contributed by atoms with E-state index in [4.69, 9.17) is 22.1 Å². The predicted molar refractivity (Wildman–Crippen MR) is 85.0 cm³/mol. The molecule has 2 rings (SSSR count). The summed E-state index contributed by atoms with van der Waals surface area (Å²) in [5.74, 6) is 1.18. The summed E-state index contributed by atoms with van der Waals surface area (Å²) in [6, 6.07) is 7.77. The molecule has 0 saturated heterocycles. The lowest BCUT2D eigenvalue weighted by Gasteiger charge is -2.09. The van der Waals surface area contributed by atoms with E-state index in [1.165, 1.54) is 12.1 Å². The molecule has 0 bridgehead atoms. The van der Waals surface area contributed by atoms with Crippen molar-refractivity contribution in [3.8, 4) is 5.75 Å². The summed E-state index contributed by atoms with van der Waals surface area (Å²) < 4.78 is 28.2. The highest BCUT2D eigenvalue weighted by molar-refractivity contribution is 7.90. The van der Waals surface area contributed by atoms with Gasteiger partial charge in [-0.2, -0.15) is 4.98 Å². The fourth-order valence-electron chi connectivity index (χ4n) is 1.66. The van der Waals surface area contributed by atoms with Crippen molar-refractivity contribution in [2.45, 2.75) is 4.90 Å². The first-order chi connectivity index (χ1) is 10.3. The molecule has 0 aliphatic carbocycles. The van der Waals surface area contributed by atoms with E-state index in [9.17, 15) is 8.42 Å². The fourth-order valence-corrected chi connectivity index (χ4v) is 2.48. The molecule has 0 spiro atoms. The zero-order valence-corrected chi connectivity index (χ0v) is 13.4. The molecule has 0 aliphatic rings. The molecule has 0 atom stereocenters. The summed E-state index contributed by atoms with van der Waals surface area (Å²) in [6.45, 7) is 0.834. The summed E-state index contributed by atoms with van der Waals surface area (Å²) in [5.41, 5.74) is 5.48. The highest BCUT2D eigenvalue weighted by Crippen LogP contribution is 2.16. The number of hydrogen-bond acceptors (Lipinski definition) is 7. The molecule has 0 saturated carbocycles. The number of benzene rings is 1. The quantitative estimate of drug-likeness (QED) is 0.606. The Bertz CT molecular complexity index is 730. The third-order valence-electron chi connectivity index (χ3n) is 2.64. The van der Waals surface area contributed by atoms with E-state index < -0.39 is 9.84 Å². The SMILES string of the molecule is CS(=O)(=O)c1ccc(OCCNc2cc(Cl)nc(N)n2)cc1. The van der Waals surface area contributed by atoms with E-state index in [2.05, 4.69) is 15.3 Å². The molecule has 9 heteroatoms. The number of nitrogens with one attached hydrogen (secondary N) is 1. The van der Waals surface area contributed by atoms with Crippen LogP contribution in [0.5, 0.6) is 5.75 Å². The van der Waals surface area contributed by atoms with Crippen molar-refractivity contribution in [3.63, 3.8) is 0 Å². The number of sulfone groups is 1. The van der Waals surface area contributed by atoms with Gasteiger partial charge in [-0.25, -0.2) is 13.4 Å². The maximum absolute atomic E-state index is 11.3. The summed E-state index contributed by atoms with van der Waals surface area (Å²) in [6.07, 6.45) is 1.16. The molecule has 0 amide bonds. The van der Waals surface area contributed by atoms with Crippen LogP contribution in [-0.4, -0.2) is 37.8 Å². The molecule has 2 aromatic rings. The lowest BCUT2D eigenvalue weighted by atomic mass is 10.3. The number of aromatic nitrogens is 2. The molecule has 22 heavy (non-hydrogen) atoms. The molecule has 3 N–H and O–H groups in total. The minimum atomic E-state index is -3.20. The van der Waals surface area contributed by atoms with Gasteiger partial charge in [0.2, 0.25) is 5.95 Å². The van der Waals surface area contributed by atoms with Crippen LogP contribution in [0.4, 0.5) is 11.8 Å². The van der Waals surface area contributed by atoms with Gasteiger partial charge in [0.25, 0.3) is 0 Å². The van der Waals surface area contributed by atoms with E-state index in [-0.39, 0.29) is 16.0 Å². The van der Waals surface area contributed by atoms with Crippen LogP contribution in [0.15, 0.2) is 35.2 Å². The topological polar surface area (TPSA) is 107 Å². The van der Waals surface area contributed by atoms with Crippen LogP contribution < -0.4 is 15.8 Å². The van der Waals surface area contributed by atoms with Crippen molar-refractivity contribution >= 4 is 33.2 Å². The number of hydrogen-bond donors (Lipinski definition) is 2. The largest absolute Gasteiger partial charge is 0.492 e. The lowest BCUT2D eigenvalue weighted by Crippen LogP contribution is -2.13. The second-order valence-electron chi connectivity index (χ2n) is 4.45. The highest BCUT2D eigenvalue weighted by Gasteiger charge is 2.06. The number of ether oxygens (including phenoxy) is 1. The number of nitrogen functional groups attached to an aromatic ring is 1. The van der Waals surface area contributed by atoms with Crippen LogP contribution in [0.3, 0.4) is 0 Å². The maximum Gasteiger partial charge on any atom is 0.223 e. The zero-order chi connectivity index (χ0) is 16.2. The predicted octanol–water partition coefficient (Wildman–Crippen LogP) is 1.61. The van der Waals surface area contributed by atoms with Gasteiger partial charge in [-0.05, 0) is 24.3 Å². The molecule has 1 heterocycles. The number of nitrogens with zero attached hydrogens (tertiary/aromatic N) is 2. The Morgan fingerprint density at radius 3 is 2.55 bits per heavy atom. The molecular formula is C13H15ClN4O3S. The number of halogens is 1. The van der Waals surface area contributed by atoms with Crippen molar-refractivity contribution in [3.05, 3.63) is 35.5 Å². The van der Waals surface area contributed by atoms with Crippen LogP contribution in [0.1, 0.15) is 0 Å². The van der Waals surface area contributed by atoms with Gasteiger partial charge >= 0.3 is 0 Å². The molecule has 1 aromatic heterocycles. The van der Waals surface area contributed by atoms with Crippen molar-refractivity contribution in [2.24, 2.45) is 0 Å². The minimum absolute atomic E-state index is 0.0901. The molecule has 0 radical (unpaired) electrons. The van der Waals surface area contributed by atoms with Gasteiger partial charge in [-0.1, -0.05) is 11.6 Å². The van der Waals surface area contributed by atoms with Gasteiger partial charge in [0.05, 0.1) is 11.4 Å². The van der Waals surface area contributed by atoms with Crippen LogP contribution in [0.2, 0.25) is 5.15 Å². The summed E-state index contributed by atoms with van der Waals surface area (Å²) in [4.78, 5) is 7.97. The number of nitrogens with two attached hydrogens (primary N) is 1. The molecular weight excluding hydrogens is 328 g/mol. The monoisotopic (exact) mass is 342 g/mol. The van der Waals surface area contributed by atoms with Crippen LogP contribution in [0.25, 0.3) is 0 Å². The van der Waals surface area contributed by atoms with Gasteiger partial charge in [-0.3, -0.25) is 0 Å². The highest BCUT2D eigenvalue weighted by atomic mass is 35.5. The maximum atomic E-state index is 11.3. The Kier molecular flexibility index (Phi) is 5.04. The van der Waals surface area contributed by atoms with Gasteiger partial charge in [-0.15, -0.1) is 0 Å². The molecule has 0 aliphatic heterocycles. The zero-order valence-electron chi connectivity index (χ0n) is 11.8. The average molecular weight is 343 g/mol. The van der Waals surface area contributed by atoms with Crippen molar-refractivity contribution in [1.82, 2.24) is 9.97 Å². The number of anilines is 2. The van der Waals surface area contributed by atoms with E-state index in [0.29, 0.717) is 24.7 Å². The normalized spacial score (nSPS) is 11.2. The Labute approximate surface area is 133 Å². The van der Waals surface area contributed by atoms with Crippen molar-refractivity contribution in [2.75, 3.05) is 30.5 Å². The van der Waals surface area contributed by atoms with E-state index in [1.54, 1.807) is 18.2 Å². The first-order valence-electron chi connectivity index (χ1n) is 6.31. The summed E-state index contributed by atoms with van der Waals surface area (Å²) >= 11 is 5.76. The fraction of sp³-hybridized carbons (Fsp3) is 0.231. The van der Waals surface area contributed by atoms with Crippen LogP contribution in [-0.2, 0) is 9.84 Å². The van der Waals surface area contributed by atoms with E-state index >= 15 is 0 Å². The molecule has 7 nitrogen and oxygen atoms in total. The second-order valence-corrected chi connectivity index (χ2v) is 6.86. The van der Waals surface area contributed by atoms with Gasteiger partial charge < -0.3 is 15.8 Å². The molecule has 0 fully saturated rings. The Balaban J connectivity index is 1.84. The van der Waals surface area contributed by atoms with Gasteiger partial charge in [0, 0.05) is 12.3 Å². The number of rotatable bonds is 6. The third-order valence-corrected chi connectivity index (χ3v) is 3.96. The lowest BCUT2D eigenvalue weighted by molar-refractivity contribution is 0.332. The standard InChI is InChI=1S/C13H15ClN4O3S/c1-22(19,20)10-4-2-9(3-5-10)21-7-6-16-12-8-11(14)17-13(15)18-12/h2-5,8H,6-7H2,1H3,(H3,15,16,17,18). The Hall–Kier alpha value is -2.06.